The van der Waals surface area contributed by atoms with Crippen molar-refractivity contribution in [3.05, 3.63) is 70.2 Å². The predicted octanol–water partition coefficient (Wildman–Crippen LogP) is 4.26. The molecule has 3 amide bonds. The molecule has 65 heavy (non-hydrogen) atoms. The van der Waals surface area contributed by atoms with E-state index in [4.69, 9.17) is 9.72 Å². The number of halogens is 4. The highest BCUT2D eigenvalue weighted by Crippen LogP contribution is 2.42. The number of carbonyl (C=O) groups excluding carboxylic acids is 3. The standard InChI is InChI=1S/C44H50F4N12O5/c1-54-38-29(3-2-4-32(38)60(43(54)64)33-9-10-36(61)52-42(33)63)25-18-56(19-25)34-11-13-55(23-44(34,47)48)17-24-5-7-26(8-6-24)59-21-31(37(53-59)39(45)46)50-41(62)30-16-49-58-14-12-35(51-40(30)58)57-20-28-15-27(57)22-65-28/h2-4,12,14,16,21,24-28,33-34,39H,5-11,13,15,17-20,22-23H2,1H3,(H,50,62)(H,52,61,63)/t24?,26?,27-,28-,33?,34?/m1/s1. The smallest absolute Gasteiger partial charge is 0.329 e. The molecule has 1 saturated carbocycles. The molecule has 2 N–H and O–H groups in total. The second-order valence-electron chi connectivity index (χ2n) is 18.8. The average molecular weight is 903 g/mol. The molecule has 4 atom stereocenters. The van der Waals surface area contributed by atoms with Crippen LogP contribution in [0, 0.1) is 5.92 Å². The lowest BCUT2D eigenvalue weighted by Gasteiger charge is -2.50. The van der Waals surface area contributed by atoms with Gasteiger partial charge in [-0.25, -0.2) is 31.9 Å². The van der Waals surface area contributed by atoms with E-state index >= 15 is 8.78 Å². The molecule has 5 aliphatic heterocycles. The van der Waals surface area contributed by atoms with Gasteiger partial charge in [-0.2, -0.15) is 10.2 Å². The van der Waals surface area contributed by atoms with Crippen molar-refractivity contribution in [2.75, 3.05) is 56.1 Å². The first kappa shape index (κ1) is 42.0. The van der Waals surface area contributed by atoms with Gasteiger partial charge in [0.15, 0.2) is 11.3 Å². The van der Waals surface area contributed by atoms with Gasteiger partial charge >= 0.3 is 5.69 Å². The van der Waals surface area contributed by atoms with Crippen LogP contribution >= 0.6 is 0 Å². The number of ether oxygens (including phenoxy) is 1. The SMILES string of the molecule is Cn1c(=O)n(C2CCC(=O)NC2=O)c2cccc(C3CN(C4CCN(CC5CCC(n6cc(NC(=O)c7cnn8ccc(N9C[C@H]%10C[C@@H]9CO%10)nc78)c(C(F)F)n6)CC5)CC4(F)F)C3)c21. The summed E-state index contributed by atoms with van der Waals surface area (Å²) in [5, 5.41) is 13.5. The number of hydrogen-bond acceptors (Lipinski definition) is 11. The molecule has 6 aliphatic rings. The molecular formula is C44H50F4N12O5. The number of carbonyl (C=O) groups is 3. The molecule has 4 aromatic heterocycles. The lowest BCUT2D eigenvalue weighted by Crippen LogP contribution is -2.63. The first-order valence-corrected chi connectivity index (χ1v) is 22.6. The second-order valence-corrected chi connectivity index (χ2v) is 18.8. The molecule has 1 aromatic carbocycles. The van der Waals surface area contributed by atoms with E-state index in [1.165, 1.54) is 30.7 Å². The Hall–Kier alpha value is -5.67. The van der Waals surface area contributed by atoms with Gasteiger partial charge in [-0.15, -0.1) is 0 Å². The number of anilines is 2. The molecule has 344 valence electrons. The molecule has 9 heterocycles. The van der Waals surface area contributed by atoms with Gasteiger partial charge in [0.2, 0.25) is 11.8 Å². The zero-order chi connectivity index (χ0) is 44.9. The molecule has 2 unspecified atom stereocenters. The number of amides is 3. The van der Waals surface area contributed by atoms with E-state index in [-0.39, 0.29) is 72.3 Å². The highest BCUT2D eigenvalue weighted by molar-refractivity contribution is 6.08. The number of nitrogens with one attached hydrogen (secondary N) is 2. The van der Waals surface area contributed by atoms with Gasteiger partial charge in [-0.3, -0.25) is 43.3 Å². The normalized spacial score (nSPS) is 27.6. The fourth-order valence-corrected chi connectivity index (χ4v) is 11.5. The number of aryl methyl sites for hydroxylation is 1. The summed E-state index contributed by atoms with van der Waals surface area (Å²) in [5.74, 6) is -3.66. The van der Waals surface area contributed by atoms with E-state index in [1.807, 2.05) is 28.0 Å². The molecule has 0 radical (unpaired) electrons. The number of piperidine rings is 2. The molecule has 6 fully saturated rings. The number of para-hydroxylation sites is 1. The number of imidazole rings is 1. The molecule has 11 rings (SSSR count). The minimum Gasteiger partial charge on any atom is -0.374 e. The maximum atomic E-state index is 16.0. The average Bonchev–Trinajstić information content (AvgIpc) is 4.11. The van der Waals surface area contributed by atoms with Crippen molar-refractivity contribution in [1.82, 2.24) is 48.6 Å². The third-order valence-corrected chi connectivity index (χ3v) is 14.8. The second kappa shape index (κ2) is 16.0. The van der Waals surface area contributed by atoms with E-state index in [0.29, 0.717) is 81.1 Å². The molecule has 0 spiro atoms. The summed E-state index contributed by atoms with van der Waals surface area (Å²) in [6.07, 6.45) is 6.06. The maximum Gasteiger partial charge on any atom is 0.329 e. The predicted molar refractivity (Wildman–Crippen MR) is 227 cm³/mol. The van der Waals surface area contributed by atoms with Crippen molar-refractivity contribution in [1.29, 1.82) is 0 Å². The van der Waals surface area contributed by atoms with Gasteiger partial charge in [0.05, 0.1) is 60.3 Å². The van der Waals surface area contributed by atoms with Crippen molar-refractivity contribution in [3.63, 3.8) is 0 Å². The molecular weight excluding hydrogens is 853 g/mol. The Bertz CT molecular complexity index is 2750. The summed E-state index contributed by atoms with van der Waals surface area (Å²) in [5.41, 5.74) is 1.61. The van der Waals surface area contributed by atoms with Gasteiger partial charge in [0.1, 0.15) is 17.4 Å². The van der Waals surface area contributed by atoms with Crippen LogP contribution in [0.15, 0.2) is 47.7 Å². The molecule has 2 bridgehead atoms. The Labute approximate surface area is 369 Å². The van der Waals surface area contributed by atoms with Crippen LogP contribution in [0.3, 0.4) is 0 Å². The van der Waals surface area contributed by atoms with Crippen LogP contribution in [0.4, 0.5) is 29.1 Å². The fraction of sp³-hybridized carbons (Fsp3) is 0.568. The van der Waals surface area contributed by atoms with Crippen LogP contribution in [-0.2, 0) is 21.4 Å². The third-order valence-electron chi connectivity index (χ3n) is 14.8. The maximum absolute atomic E-state index is 16.0. The van der Waals surface area contributed by atoms with Gasteiger partial charge < -0.3 is 15.0 Å². The summed E-state index contributed by atoms with van der Waals surface area (Å²) in [6.45, 7) is 2.85. The lowest BCUT2D eigenvalue weighted by molar-refractivity contribution is -0.144. The Morgan fingerprint density at radius 3 is 2.57 bits per heavy atom. The Morgan fingerprint density at radius 2 is 1.85 bits per heavy atom. The van der Waals surface area contributed by atoms with Gasteiger partial charge in [0.25, 0.3) is 18.3 Å². The molecule has 1 aliphatic carbocycles. The summed E-state index contributed by atoms with van der Waals surface area (Å²) in [4.78, 5) is 62.0. The number of benzene rings is 1. The zero-order valence-corrected chi connectivity index (χ0v) is 35.8. The molecule has 21 heteroatoms. The van der Waals surface area contributed by atoms with Crippen molar-refractivity contribution >= 4 is 45.9 Å². The number of hydrogen-bond donors (Lipinski definition) is 2. The largest absolute Gasteiger partial charge is 0.374 e. The van der Waals surface area contributed by atoms with Crippen molar-refractivity contribution in [2.24, 2.45) is 13.0 Å². The number of rotatable bonds is 10. The highest BCUT2D eigenvalue weighted by Gasteiger charge is 2.51. The van der Waals surface area contributed by atoms with E-state index in [1.54, 1.807) is 19.3 Å². The van der Waals surface area contributed by atoms with Crippen molar-refractivity contribution < 1.29 is 36.7 Å². The molecule has 5 aromatic rings. The first-order valence-electron chi connectivity index (χ1n) is 22.6. The number of morpholine rings is 1. The van der Waals surface area contributed by atoms with Crippen LogP contribution in [0.25, 0.3) is 16.7 Å². The van der Waals surface area contributed by atoms with Crippen LogP contribution in [-0.4, -0.2) is 131 Å². The van der Waals surface area contributed by atoms with E-state index < -0.39 is 41.9 Å². The minimum absolute atomic E-state index is 0.0704. The Balaban J connectivity index is 0.691. The van der Waals surface area contributed by atoms with Crippen LogP contribution < -0.4 is 21.2 Å². The fourth-order valence-electron chi connectivity index (χ4n) is 11.5. The quantitative estimate of drug-likeness (QED) is 0.152. The number of likely N-dealkylation sites (tertiary alicyclic amines) is 2. The Morgan fingerprint density at radius 1 is 1.03 bits per heavy atom. The van der Waals surface area contributed by atoms with Gasteiger partial charge in [-0.05, 0) is 68.6 Å². The third kappa shape index (κ3) is 7.38. The monoisotopic (exact) mass is 902 g/mol. The van der Waals surface area contributed by atoms with Crippen molar-refractivity contribution in [3.8, 4) is 0 Å². The van der Waals surface area contributed by atoms with Gasteiger partial charge in [0, 0.05) is 64.5 Å². The van der Waals surface area contributed by atoms with E-state index in [2.05, 4.69) is 25.7 Å². The topological polar surface area (TPSA) is 169 Å². The number of fused-ring (bicyclic) bond motifs is 4. The summed E-state index contributed by atoms with van der Waals surface area (Å²) >= 11 is 0. The van der Waals surface area contributed by atoms with Crippen molar-refractivity contribution in [2.45, 2.75) is 99.9 Å². The molecule has 5 saturated heterocycles. The summed E-state index contributed by atoms with van der Waals surface area (Å²) < 4.78 is 72.2. The van der Waals surface area contributed by atoms with Gasteiger partial charge in [-0.1, -0.05) is 12.1 Å². The highest BCUT2D eigenvalue weighted by atomic mass is 19.3. The zero-order valence-electron chi connectivity index (χ0n) is 35.8. The molecule has 17 nitrogen and oxygen atoms in total. The van der Waals surface area contributed by atoms with Crippen LogP contribution in [0.1, 0.15) is 97.4 Å². The first-order chi connectivity index (χ1) is 31.3. The number of nitrogens with zero attached hydrogens (tertiary/aromatic N) is 10. The number of alkyl halides is 4. The van der Waals surface area contributed by atoms with Crippen LogP contribution in [0.2, 0.25) is 0 Å². The van der Waals surface area contributed by atoms with Crippen LogP contribution in [0.5, 0.6) is 0 Å². The lowest BCUT2D eigenvalue weighted by atomic mass is 9.84. The van der Waals surface area contributed by atoms with E-state index in [9.17, 15) is 28.0 Å². The Kier molecular flexibility index (Phi) is 10.4. The van der Waals surface area contributed by atoms with E-state index in [0.717, 1.165) is 24.8 Å². The number of imide groups is 1. The summed E-state index contributed by atoms with van der Waals surface area (Å²) in [6, 6.07) is 5.66. The summed E-state index contributed by atoms with van der Waals surface area (Å²) in [7, 11) is 1.65. The number of aromatic nitrogens is 7. The minimum atomic E-state index is -2.94.